The number of Topliss-reactive ketones (excluding diaryl/α,β-unsaturated/α-hetero) is 1. The van der Waals surface area contributed by atoms with Crippen LogP contribution in [-0.2, 0) is 28.7 Å². The Bertz CT molecular complexity index is 1050. The summed E-state index contributed by atoms with van der Waals surface area (Å²) in [6.45, 7) is 7.34. The van der Waals surface area contributed by atoms with E-state index in [4.69, 9.17) is 21.1 Å². The van der Waals surface area contributed by atoms with Gasteiger partial charge in [-0.05, 0) is 73.8 Å². The molecule has 38 heavy (non-hydrogen) atoms. The van der Waals surface area contributed by atoms with Crippen LogP contribution in [0.4, 0.5) is 0 Å². The van der Waals surface area contributed by atoms with Crippen LogP contribution < -0.4 is 0 Å². The Morgan fingerprint density at radius 3 is 2.61 bits per heavy atom. The lowest BCUT2D eigenvalue weighted by Crippen LogP contribution is -2.61. The van der Waals surface area contributed by atoms with Crippen molar-refractivity contribution in [1.29, 1.82) is 0 Å². The molecule has 0 radical (unpaired) electrons. The summed E-state index contributed by atoms with van der Waals surface area (Å²) in [4.78, 5) is 49.4. The van der Waals surface area contributed by atoms with Crippen LogP contribution in [0.1, 0.15) is 79.1 Å². The second-order valence-corrected chi connectivity index (χ2v) is 12.9. The molecule has 1 unspecified atom stereocenters. The summed E-state index contributed by atoms with van der Waals surface area (Å²) in [5.74, 6) is -1.20. The predicted molar refractivity (Wildman–Crippen MR) is 142 cm³/mol. The highest BCUT2D eigenvalue weighted by atomic mass is 35.5. The fraction of sp³-hybridized carbons (Fsp3) is 0.733. The number of unbranched alkanes of at least 4 members (excludes halogenated alkanes) is 1. The SMILES string of the molecule is CCCCC(=O)OC(CO)C(=O)OCC(=O)[C@H]1CC[C@H]2[C@@H]3C[C@H](C)C4=CC(=O)C=C[C@]4(C)[C@@]3(Cl)CC[C@]12C. The van der Waals surface area contributed by atoms with Crippen molar-refractivity contribution in [3.05, 3.63) is 23.8 Å². The molecule has 0 saturated heterocycles. The van der Waals surface area contributed by atoms with Gasteiger partial charge in [0.25, 0.3) is 0 Å². The van der Waals surface area contributed by atoms with E-state index in [9.17, 15) is 24.3 Å². The number of hydrogen-bond acceptors (Lipinski definition) is 7. The Morgan fingerprint density at radius 1 is 1.18 bits per heavy atom. The van der Waals surface area contributed by atoms with Gasteiger partial charge in [0.15, 0.2) is 11.6 Å². The standard InChI is InChI=1S/C30H41ClO7/c1-5-6-7-26(35)38-25(16-32)27(36)37-17-24(34)21-9-8-20-23-14-18(2)22-15-19(33)10-11-29(22,4)30(23,31)13-12-28(20,21)3/h10-11,15,18,20-21,23,25,32H,5-9,12-14,16-17H2,1-4H3/t18-,20-,21+,23-,25?,28-,29-,30+/m0/s1. The molecule has 0 heterocycles. The Kier molecular flexibility index (Phi) is 8.30. The Morgan fingerprint density at radius 2 is 1.92 bits per heavy atom. The number of esters is 2. The van der Waals surface area contributed by atoms with Gasteiger partial charge in [-0.1, -0.05) is 45.8 Å². The molecule has 0 aliphatic heterocycles. The van der Waals surface area contributed by atoms with E-state index in [-0.39, 0.29) is 47.1 Å². The van der Waals surface area contributed by atoms with Crippen molar-refractivity contribution < 1.29 is 33.8 Å². The number of rotatable bonds is 9. The van der Waals surface area contributed by atoms with E-state index >= 15 is 0 Å². The zero-order chi connectivity index (χ0) is 27.9. The monoisotopic (exact) mass is 548 g/mol. The molecular weight excluding hydrogens is 508 g/mol. The van der Waals surface area contributed by atoms with Gasteiger partial charge in [-0.25, -0.2) is 4.79 Å². The fourth-order valence-corrected chi connectivity index (χ4v) is 8.54. The first-order valence-corrected chi connectivity index (χ1v) is 14.4. The lowest BCUT2D eigenvalue weighted by molar-refractivity contribution is -0.172. The summed E-state index contributed by atoms with van der Waals surface area (Å²) >= 11 is 7.56. The molecule has 1 N–H and O–H groups in total. The van der Waals surface area contributed by atoms with E-state index in [1.54, 1.807) is 12.2 Å². The average Bonchev–Trinajstić information content (AvgIpc) is 3.24. The molecule has 8 atom stereocenters. The number of alkyl halides is 1. The summed E-state index contributed by atoms with van der Waals surface area (Å²) in [6, 6.07) is 0. The first-order valence-electron chi connectivity index (χ1n) is 14.0. The number of aliphatic hydroxyl groups is 1. The average molecular weight is 549 g/mol. The van der Waals surface area contributed by atoms with E-state index in [2.05, 4.69) is 20.8 Å². The highest BCUT2D eigenvalue weighted by Gasteiger charge is 2.66. The Balaban J connectivity index is 1.44. The van der Waals surface area contributed by atoms with Crippen molar-refractivity contribution in [3.8, 4) is 0 Å². The number of carbonyl (C=O) groups excluding carboxylic acids is 4. The van der Waals surface area contributed by atoms with Crippen LogP contribution in [0.3, 0.4) is 0 Å². The minimum absolute atomic E-state index is 0.0175. The molecule has 4 aliphatic rings. The fourth-order valence-electron chi connectivity index (χ4n) is 8.04. The van der Waals surface area contributed by atoms with E-state index in [1.807, 2.05) is 13.0 Å². The zero-order valence-corrected chi connectivity index (χ0v) is 23.7. The predicted octanol–water partition coefficient (Wildman–Crippen LogP) is 4.72. The number of ether oxygens (including phenoxy) is 2. The third-order valence-electron chi connectivity index (χ3n) is 10.2. The van der Waals surface area contributed by atoms with Crippen LogP contribution >= 0.6 is 11.6 Å². The largest absolute Gasteiger partial charge is 0.455 e. The van der Waals surface area contributed by atoms with Crippen LogP contribution in [-0.4, -0.2) is 52.8 Å². The van der Waals surface area contributed by atoms with Crippen LogP contribution in [0.25, 0.3) is 0 Å². The molecule has 0 amide bonds. The molecule has 3 fully saturated rings. The minimum atomic E-state index is -1.42. The third-order valence-corrected chi connectivity index (χ3v) is 11.0. The van der Waals surface area contributed by atoms with Gasteiger partial charge in [-0.3, -0.25) is 14.4 Å². The molecule has 0 aromatic heterocycles. The third kappa shape index (κ3) is 4.78. The molecule has 0 aromatic rings. The maximum Gasteiger partial charge on any atom is 0.350 e. The van der Waals surface area contributed by atoms with Crippen molar-refractivity contribution in [2.45, 2.75) is 90.0 Å². The van der Waals surface area contributed by atoms with E-state index in [0.29, 0.717) is 12.8 Å². The zero-order valence-electron chi connectivity index (χ0n) is 23.0. The van der Waals surface area contributed by atoms with Gasteiger partial charge in [0.1, 0.15) is 6.61 Å². The van der Waals surface area contributed by atoms with Crippen molar-refractivity contribution >= 4 is 35.1 Å². The van der Waals surface area contributed by atoms with Crippen molar-refractivity contribution in [2.24, 2.45) is 34.5 Å². The van der Waals surface area contributed by atoms with Gasteiger partial charge in [-0.15, -0.1) is 11.6 Å². The van der Waals surface area contributed by atoms with Crippen molar-refractivity contribution in [3.63, 3.8) is 0 Å². The Labute approximate surface area is 230 Å². The van der Waals surface area contributed by atoms with E-state index in [1.165, 1.54) is 0 Å². The van der Waals surface area contributed by atoms with Crippen LogP contribution in [0.15, 0.2) is 23.8 Å². The molecule has 0 bridgehead atoms. The molecule has 4 aliphatic carbocycles. The van der Waals surface area contributed by atoms with Crippen LogP contribution in [0, 0.1) is 34.5 Å². The summed E-state index contributed by atoms with van der Waals surface area (Å²) in [5, 5.41) is 9.51. The molecule has 0 spiro atoms. The van der Waals surface area contributed by atoms with E-state index < -0.39 is 41.5 Å². The number of fused-ring (bicyclic) bond motifs is 5. The van der Waals surface area contributed by atoms with Gasteiger partial charge in [-0.2, -0.15) is 0 Å². The van der Waals surface area contributed by atoms with Gasteiger partial charge in [0.2, 0.25) is 6.10 Å². The lowest BCUT2D eigenvalue weighted by Gasteiger charge is -2.62. The van der Waals surface area contributed by atoms with Crippen LogP contribution in [0.2, 0.25) is 0 Å². The highest BCUT2D eigenvalue weighted by Crippen LogP contribution is 2.70. The first-order chi connectivity index (χ1) is 17.9. The normalized spacial score (nSPS) is 38.4. The summed E-state index contributed by atoms with van der Waals surface area (Å²) in [6.07, 6.45) is 9.55. The summed E-state index contributed by atoms with van der Waals surface area (Å²) < 4.78 is 10.3. The Hall–Kier alpha value is -1.99. The topological polar surface area (TPSA) is 107 Å². The summed E-state index contributed by atoms with van der Waals surface area (Å²) in [5.41, 5.74) is 0.449. The highest BCUT2D eigenvalue weighted by molar-refractivity contribution is 6.25. The minimum Gasteiger partial charge on any atom is -0.455 e. The molecule has 8 heteroatoms. The number of aliphatic hydroxyl groups excluding tert-OH is 1. The van der Waals surface area contributed by atoms with Gasteiger partial charge >= 0.3 is 11.9 Å². The lowest BCUT2D eigenvalue weighted by atomic mass is 9.45. The van der Waals surface area contributed by atoms with Gasteiger partial charge in [0, 0.05) is 17.8 Å². The molecule has 4 rings (SSSR count). The maximum absolute atomic E-state index is 13.4. The van der Waals surface area contributed by atoms with Gasteiger partial charge in [0.05, 0.1) is 11.5 Å². The number of hydrogen-bond donors (Lipinski definition) is 1. The van der Waals surface area contributed by atoms with Crippen molar-refractivity contribution in [2.75, 3.05) is 13.2 Å². The second kappa shape index (κ2) is 10.9. The quantitative estimate of drug-likeness (QED) is 0.328. The molecule has 7 nitrogen and oxygen atoms in total. The molecule has 3 saturated carbocycles. The number of halogens is 1. The first kappa shape index (κ1) is 29.0. The summed E-state index contributed by atoms with van der Waals surface area (Å²) in [7, 11) is 0. The second-order valence-electron chi connectivity index (χ2n) is 12.2. The van der Waals surface area contributed by atoms with Crippen molar-refractivity contribution in [1.82, 2.24) is 0 Å². The number of carbonyl (C=O) groups is 4. The van der Waals surface area contributed by atoms with Gasteiger partial charge < -0.3 is 14.6 Å². The smallest absolute Gasteiger partial charge is 0.350 e. The van der Waals surface area contributed by atoms with Crippen LogP contribution in [0.5, 0.6) is 0 Å². The maximum atomic E-state index is 13.4. The van der Waals surface area contributed by atoms with E-state index in [0.717, 1.165) is 37.7 Å². The molecule has 0 aromatic carbocycles. The molecule has 210 valence electrons. The molecular formula is C30H41ClO7. The number of allylic oxidation sites excluding steroid dienone is 4. The number of ketones is 2.